The second kappa shape index (κ2) is 3.38. The smallest absolute Gasteiger partial charge is 0.123 e. The van der Waals surface area contributed by atoms with E-state index in [1.807, 2.05) is 24.4 Å². The number of pyridine rings is 1. The van der Waals surface area contributed by atoms with Crippen molar-refractivity contribution >= 4 is 16.7 Å². The van der Waals surface area contributed by atoms with Gasteiger partial charge >= 0.3 is 0 Å². The summed E-state index contributed by atoms with van der Waals surface area (Å²) in [5, 5.41) is 1.20. The van der Waals surface area contributed by atoms with Gasteiger partial charge < -0.3 is 10.7 Å². The van der Waals surface area contributed by atoms with Gasteiger partial charge in [0, 0.05) is 28.9 Å². The zero-order chi connectivity index (χ0) is 11.0. The van der Waals surface area contributed by atoms with Gasteiger partial charge in [-0.25, -0.2) is 4.98 Å². The summed E-state index contributed by atoms with van der Waals surface area (Å²) in [6.07, 6.45) is 3.75. The van der Waals surface area contributed by atoms with Gasteiger partial charge in [0.2, 0.25) is 0 Å². The number of nitrogens with two attached hydrogens (primary N) is 1. The molecule has 3 nitrogen and oxygen atoms in total. The number of aromatic amines is 1. The molecule has 0 radical (unpaired) electrons. The van der Waals surface area contributed by atoms with Crippen molar-refractivity contribution in [3.05, 3.63) is 48.8 Å². The summed E-state index contributed by atoms with van der Waals surface area (Å²) in [6.45, 7) is 0. The summed E-state index contributed by atoms with van der Waals surface area (Å²) in [4.78, 5) is 7.31. The van der Waals surface area contributed by atoms with E-state index in [1.165, 1.54) is 10.9 Å². The van der Waals surface area contributed by atoms with Crippen LogP contribution in [-0.4, -0.2) is 9.97 Å². The standard InChI is InChI=1S/C13H11N3/c14-13-5-4-9(8-16-13)10-2-1-3-12-11(10)6-7-15-12/h1-8,15H,(H2,14,16). The van der Waals surface area contributed by atoms with Crippen LogP contribution in [0.5, 0.6) is 0 Å². The Morgan fingerprint density at radius 2 is 2.00 bits per heavy atom. The Morgan fingerprint density at radius 3 is 2.81 bits per heavy atom. The van der Waals surface area contributed by atoms with Gasteiger partial charge in [-0.1, -0.05) is 12.1 Å². The highest BCUT2D eigenvalue weighted by atomic mass is 14.8. The van der Waals surface area contributed by atoms with E-state index in [4.69, 9.17) is 5.73 Å². The van der Waals surface area contributed by atoms with Gasteiger partial charge in [0.05, 0.1) is 0 Å². The fraction of sp³-hybridized carbons (Fsp3) is 0. The molecule has 1 aromatic carbocycles. The van der Waals surface area contributed by atoms with Crippen molar-refractivity contribution in [2.24, 2.45) is 0 Å². The normalized spacial score (nSPS) is 10.8. The zero-order valence-electron chi connectivity index (χ0n) is 8.64. The highest BCUT2D eigenvalue weighted by Gasteiger charge is 2.03. The highest BCUT2D eigenvalue weighted by Crippen LogP contribution is 2.27. The van der Waals surface area contributed by atoms with Crippen LogP contribution in [0.3, 0.4) is 0 Å². The molecule has 78 valence electrons. The zero-order valence-corrected chi connectivity index (χ0v) is 8.64. The quantitative estimate of drug-likeness (QED) is 0.647. The number of benzene rings is 1. The van der Waals surface area contributed by atoms with Crippen LogP contribution in [0.2, 0.25) is 0 Å². The van der Waals surface area contributed by atoms with Crippen LogP contribution in [0, 0.1) is 0 Å². The topological polar surface area (TPSA) is 54.7 Å². The molecule has 0 fully saturated rings. The number of nitrogens with zero attached hydrogens (tertiary/aromatic N) is 1. The largest absolute Gasteiger partial charge is 0.384 e. The van der Waals surface area contributed by atoms with Crippen molar-refractivity contribution in [2.75, 3.05) is 5.73 Å². The van der Waals surface area contributed by atoms with E-state index in [-0.39, 0.29) is 0 Å². The van der Waals surface area contributed by atoms with E-state index in [9.17, 15) is 0 Å². The molecule has 0 saturated heterocycles. The molecule has 0 bridgehead atoms. The van der Waals surface area contributed by atoms with Gasteiger partial charge in [-0.05, 0) is 29.8 Å². The van der Waals surface area contributed by atoms with E-state index in [0.29, 0.717) is 5.82 Å². The predicted molar refractivity (Wildman–Crippen MR) is 65.9 cm³/mol. The number of nitrogens with one attached hydrogen (secondary N) is 1. The monoisotopic (exact) mass is 209 g/mol. The van der Waals surface area contributed by atoms with Crippen LogP contribution in [0.1, 0.15) is 0 Å². The van der Waals surface area contributed by atoms with E-state index < -0.39 is 0 Å². The Hall–Kier alpha value is -2.29. The van der Waals surface area contributed by atoms with Gasteiger partial charge in [0.1, 0.15) is 5.82 Å². The van der Waals surface area contributed by atoms with Crippen LogP contribution >= 0.6 is 0 Å². The van der Waals surface area contributed by atoms with Crippen LogP contribution in [0.25, 0.3) is 22.0 Å². The Bertz CT molecular complexity index is 623. The minimum Gasteiger partial charge on any atom is -0.384 e. The summed E-state index contributed by atoms with van der Waals surface area (Å²) in [6, 6.07) is 12.1. The summed E-state index contributed by atoms with van der Waals surface area (Å²) >= 11 is 0. The number of anilines is 1. The molecular formula is C13H11N3. The Balaban J connectivity index is 2.25. The Kier molecular flexibility index (Phi) is 1.90. The second-order valence-electron chi connectivity index (χ2n) is 3.72. The number of fused-ring (bicyclic) bond motifs is 1. The number of rotatable bonds is 1. The predicted octanol–water partition coefficient (Wildman–Crippen LogP) is 2.81. The average molecular weight is 209 g/mol. The molecule has 0 saturated carbocycles. The number of H-pyrrole nitrogens is 1. The minimum absolute atomic E-state index is 0.546. The van der Waals surface area contributed by atoms with Crippen LogP contribution in [-0.2, 0) is 0 Å². The van der Waals surface area contributed by atoms with Crippen LogP contribution in [0.15, 0.2) is 48.8 Å². The van der Waals surface area contributed by atoms with Gasteiger partial charge in [0.15, 0.2) is 0 Å². The van der Waals surface area contributed by atoms with E-state index in [0.717, 1.165) is 11.1 Å². The van der Waals surface area contributed by atoms with E-state index >= 15 is 0 Å². The molecule has 2 heterocycles. The second-order valence-corrected chi connectivity index (χ2v) is 3.72. The van der Waals surface area contributed by atoms with Gasteiger partial charge in [-0.2, -0.15) is 0 Å². The fourth-order valence-electron chi connectivity index (χ4n) is 1.90. The molecule has 0 amide bonds. The fourth-order valence-corrected chi connectivity index (χ4v) is 1.90. The molecule has 2 aromatic heterocycles. The SMILES string of the molecule is Nc1ccc(-c2cccc3[nH]ccc23)cn1. The van der Waals surface area contributed by atoms with E-state index in [1.54, 1.807) is 6.20 Å². The maximum absolute atomic E-state index is 5.58. The van der Waals surface area contributed by atoms with Crippen molar-refractivity contribution in [1.82, 2.24) is 9.97 Å². The molecule has 0 unspecified atom stereocenters. The highest BCUT2D eigenvalue weighted by molar-refractivity contribution is 5.94. The molecule has 3 aromatic rings. The first-order chi connectivity index (χ1) is 7.84. The lowest BCUT2D eigenvalue weighted by molar-refractivity contribution is 1.34. The third-order valence-electron chi connectivity index (χ3n) is 2.69. The van der Waals surface area contributed by atoms with Crippen molar-refractivity contribution in [1.29, 1.82) is 0 Å². The van der Waals surface area contributed by atoms with Crippen molar-refractivity contribution in [2.45, 2.75) is 0 Å². The van der Waals surface area contributed by atoms with Crippen LogP contribution < -0.4 is 5.73 Å². The molecular weight excluding hydrogens is 198 g/mol. The first-order valence-electron chi connectivity index (χ1n) is 5.12. The minimum atomic E-state index is 0.546. The lowest BCUT2D eigenvalue weighted by Gasteiger charge is -2.03. The lowest BCUT2D eigenvalue weighted by atomic mass is 10.0. The molecule has 0 aliphatic rings. The Morgan fingerprint density at radius 1 is 1.06 bits per heavy atom. The molecule has 0 spiro atoms. The van der Waals surface area contributed by atoms with Gasteiger partial charge in [0.25, 0.3) is 0 Å². The molecule has 16 heavy (non-hydrogen) atoms. The molecule has 3 heteroatoms. The molecule has 0 aliphatic carbocycles. The number of aromatic nitrogens is 2. The van der Waals surface area contributed by atoms with Crippen molar-refractivity contribution < 1.29 is 0 Å². The Labute approximate surface area is 92.9 Å². The first-order valence-corrected chi connectivity index (χ1v) is 5.12. The average Bonchev–Trinajstić information content (AvgIpc) is 2.78. The number of nitrogen functional groups attached to an aromatic ring is 1. The van der Waals surface area contributed by atoms with Crippen LogP contribution in [0.4, 0.5) is 5.82 Å². The summed E-state index contributed by atoms with van der Waals surface area (Å²) in [5.41, 5.74) is 8.97. The maximum atomic E-state index is 5.58. The summed E-state index contributed by atoms with van der Waals surface area (Å²) < 4.78 is 0. The third-order valence-corrected chi connectivity index (χ3v) is 2.69. The summed E-state index contributed by atoms with van der Waals surface area (Å²) in [7, 11) is 0. The maximum Gasteiger partial charge on any atom is 0.123 e. The lowest BCUT2D eigenvalue weighted by Crippen LogP contribution is -1.89. The molecule has 0 atom stereocenters. The first kappa shape index (κ1) is 8.97. The van der Waals surface area contributed by atoms with Crippen molar-refractivity contribution in [3.8, 4) is 11.1 Å². The summed E-state index contributed by atoms with van der Waals surface area (Å²) in [5.74, 6) is 0.546. The number of hydrogen-bond acceptors (Lipinski definition) is 2. The molecule has 3 rings (SSSR count). The number of hydrogen-bond donors (Lipinski definition) is 2. The van der Waals surface area contributed by atoms with Crippen molar-refractivity contribution in [3.63, 3.8) is 0 Å². The van der Waals surface area contributed by atoms with Gasteiger partial charge in [-0.15, -0.1) is 0 Å². The molecule has 0 aliphatic heterocycles. The van der Waals surface area contributed by atoms with Gasteiger partial charge in [-0.3, -0.25) is 0 Å². The molecule has 3 N–H and O–H groups in total. The third kappa shape index (κ3) is 1.34. The van der Waals surface area contributed by atoms with E-state index in [2.05, 4.69) is 28.2 Å².